The molecule has 4 rings (SSSR count). The SMILES string of the molecule is C[C@H](CO)NC(=O)C[C@H]1CC=CCC[C@H](Cc2ccccc2)C(=O)OC[C@H](Cc2ccc(OCc3ccccc3)cc2)NC1=O. The van der Waals surface area contributed by atoms with Gasteiger partial charge in [0.05, 0.1) is 24.5 Å². The lowest BCUT2D eigenvalue weighted by atomic mass is 9.94. The number of carbonyl (C=O) groups is 3. The van der Waals surface area contributed by atoms with Gasteiger partial charge in [0.15, 0.2) is 0 Å². The molecule has 8 nitrogen and oxygen atoms in total. The molecule has 8 heteroatoms. The number of allylic oxidation sites excluding steroid dienone is 2. The van der Waals surface area contributed by atoms with Crippen molar-refractivity contribution in [3.05, 3.63) is 114 Å². The third-order valence-corrected chi connectivity index (χ3v) is 7.84. The van der Waals surface area contributed by atoms with Crippen LogP contribution in [0.25, 0.3) is 0 Å². The Morgan fingerprint density at radius 3 is 2.27 bits per heavy atom. The van der Waals surface area contributed by atoms with Crippen LogP contribution in [0.2, 0.25) is 0 Å². The van der Waals surface area contributed by atoms with Gasteiger partial charge in [0, 0.05) is 12.5 Å². The molecule has 3 aromatic carbocycles. The van der Waals surface area contributed by atoms with Gasteiger partial charge in [-0.1, -0.05) is 84.9 Å². The van der Waals surface area contributed by atoms with Crippen molar-refractivity contribution in [1.82, 2.24) is 10.6 Å². The molecule has 0 aromatic heterocycles. The highest BCUT2D eigenvalue weighted by Crippen LogP contribution is 2.20. The van der Waals surface area contributed by atoms with Crippen LogP contribution in [0.15, 0.2) is 97.1 Å². The van der Waals surface area contributed by atoms with Gasteiger partial charge in [-0.05, 0) is 67.9 Å². The van der Waals surface area contributed by atoms with Crippen LogP contribution in [-0.2, 0) is 38.6 Å². The van der Waals surface area contributed by atoms with Gasteiger partial charge in [0.1, 0.15) is 19.0 Å². The fourth-order valence-corrected chi connectivity index (χ4v) is 5.28. The third-order valence-electron chi connectivity index (χ3n) is 7.84. The largest absolute Gasteiger partial charge is 0.489 e. The second-order valence-electron chi connectivity index (χ2n) is 11.7. The predicted molar refractivity (Wildman–Crippen MR) is 173 cm³/mol. The number of aliphatic hydroxyl groups is 1. The molecule has 0 spiro atoms. The molecule has 0 saturated heterocycles. The van der Waals surface area contributed by atoms with Crippen molar-refractivity contribution in [3.8, 4) is 5.75 Å². The van der Waals surface area contributed by atoms with Crippen molar-refractivity contribution in [1.29, 1.82) is 0 Å². The lowest BCUT2D eigenvalue weighted by Crippen LogP contribution is -2.45. The molecule has 45 heavy (non-hydrogen) atoms. The average Bonchev–Trinajstić information content (AvgIpc) is 3.06. The number of benzene rings is 3. The van der Waals surface area contributed by atoms with Crippen LogP contribution < -0.4 is 15.4 Å². The first-order valence-corrected chi connectivity index (χ1v) is 15.7. The number of esters is 1. The summed E-state index contributed by atoms with van der Waals surface area (Å²) >= 11 is 0. The van der Waals surface area contributed by atoms with E-state index in [1.54, 1.807) is 6.92 Å². The number of aliphatic hydroxyl groups excluding tert-OH is 1. The van der Waals surface area contributed by atoms with Crippen LogP contribution in [0, 0.1) is 11.8 Å². The minimum Gasteiger partial charge on any atom is -0.489 e. The van der Waals surface area contributed by atoms with Gasteiger partial charge in [0.25, 0.3) is 0 Å². The number of hydrogen-bond acceptors (Lipinski definition) is 6. The first-order valence-electron chi connectivity index (χ1n) is 15.7. The molecule has 0 unspecified atom stereocenters. The van der Waals surface area contributed by atoms with E-state index in [1.807, 2.05) is 97.1 Å². The lowest BCUT2D eigenvalue weighted by Gasteiger charge is -2.24. The fraction of sp³-hybridized carbons (Fsp3) is 0.378. The van der Waals surface area contributed by atoms with Crippen LogP contribution in [0.4, 0.5) is 0 Å². The Hall–Kier alpha value is -4.43. The van der Waals surface area contributed by atoms with Gasteiger partial charge < -0.3 is 25.2 Å². The summed E-state index contributed by atoms with van der Waals surface area (Å²) < 4.78 is 11.8. The second kappa shape index (κ2) is 17.8. The van der Waals surface area contributed by atoms with Crippen LogP contribution in [-0.4, -0.2) is 48.2 Å². The molecular formula is C37H44N2O6. The van der Waals surface area contributed by atoms with Crippen molar-refractivity contribution in [2.45, 2.75) is 64.1 Å². The quantitative estimate of drug-likeness (QED) is 0.209. The molecule has 3 aromatic rings. The Labute approximate surface area is 265 Å². The van der Waals surface area contributed by atoms with Crippen molar-refractivity contribution < 1.29 is 29.0 Å². The maximum atomic E-state index is 13.5. The third kappa shape index (κ3) is 11.5. The van der Waals surface area contributed by atoms with Gasteiger partial charge in [-0.2, -0.15) is 0 Å². The topological polar surface area (TPSA) is 114 Å². The van der Waals surface area contributed by atoms with E-state index in [4.69, 9.17) is 9.47 Å². The number of carbonyl (C=O) groups excluding carboxylic acids is 3. The fourth-order valence-electron chi connectivity index (χ4n) is 5.28. The summed E-state index contributed by atoms with van der Waals surface area (Å²) in [5, 5.41) is 15.1. The summed E-state index contributed by atoms with van der Waals surface area (Å²) in [6, 6.07) is 26.6. The Kier molecular flexibility index (Phi) is 13.2. The molecule has 0 aliphatic carbocycles. The number of ether oxygens (including phenoxy) is 2. The van der Waals surface area contributed by atoms with Gasteiger partial charge in [-0.15, -0.1) is 0 Å². The zero-order chi connectivity index (χ0) is 31.9. The van der Waals surface area contributed by atoms with Crippen molar-refractivity contribution in [2.75, 3.05) is 13.2 Å². The van der Waals surface area contributed by atoms with E-state index >= 15 is 0 Å². The van der Waals surface area contributed by atoms with Crippen molar-refractivity contribution in [2.24, 2.45) is 11.8 Å². The van der Waals surface area contributed by atoms with E-state index in [0.29, 0.717) is 38.7 Å². The summed E-state index contributed by atoms with van der Waals surface area (Å²) in [5.74, 6) is -1.07. The average molecular weight is 613 g/mol. The van der Waals surface area contributed by atoms with Gasteiger partial charge >= 0.3 is 5.97 Å². The zero-order valence-electron chi connectivity index (χ0n) is 25.9. The van der Waals surface area contributed by atoms with Crippen LogP contribution in [0.1, 0.15) is 49.3 Å². The Morgan fingerprint density at radius 2 is 1.58 bits per heavy atom. The van der Waals surface area contributed by atoms with Crippen LogP contribution in [0.3, 0.4) is 0 Å². The van der Waals surface area contributed by atoms with E-state index in [0.717, 1.165) is 22.4 Å². The maximum Gasteiger partial charge on any atom is 0.309 e. The molecule has 2 amide bonds. The molecule has 0 fully saturated rings. The molecule has 3 N–H and O–H groups in total. The number of cyclic esters (lactones) is 1. The normalized spacial score (nSPS) is 20.0. The first kappa shape index (κ1) is 33.5. The molecule has 4 atom stereocenters. The molecule has 238 valence electrons. The monoisotopic (exact) mass is 612 g/mol. The van der Waals surface area contributed by atoms with Crippen LogP contribution in [0.5, 0.6) is 5.75 Å². The lowest BCUT2D eigenvalue weighted by molar-refractivity contribution is -0.150. The number of hydrogen-bond donors (Lipinski definition) is 3. The second-order valence-corrected chi connectivity index (χ2v) is 11.7. The molecule has 0 radical (unpaired) electrons. The highest BCUT2D eigenvalue weighted by molar-refractivity contribution is 5.86. The Morgan fingerprint density at radius 1 is 0.911 bits per heavy atom. The summed E-state index contributed by atoms with van der Waals surface area (Å²) in [6.45, 7) is 1.99. The van der Waals surface area contributed by atoms with E-state index in [-0.39, 0.29) is 43.3 Å². The van der Waals surface area contributed by atoms with E-state index in [9.17, 15) is 19.5 Å². The maximum absolute atomic E-state index is 13.5. The first-order chi connectivity index (χ1) is 21.9. The smallest absolute Gasteiger partial charge is 0.309 e. The Balaban J connectivity index is 1.48. The zero-order valence-corrected chi connectivity index (χ0v) is 25.9. The number of nitrogens with one attached hydrogen (secondary N) is 2. The molecule has 1 aliphatic rings. The summed E-state index contributed by atoms with van der Waals surface area (Å²) in [6.07, 6.45) is 6.51. The highest BCUT2D eigenvalue weighted by Gasteiger charge is 2.27. The standard InChI is InChI=1S/C37H44N2O6/c1-27(24-40)38-35(41)23-31-15-9-4-10-16-32(21-28-11-5-2-6-12-28)37(43)45-26-33(39-36(31)42)22-29-17-19-34(20-18-29)44-25-30-13-7-3-8-14-30/h2-9,11-14,17-20,27,31-33,40H,10,15-16,21-26H2,1H3,(H,38,41)(H,39,42)/t27-,31-,32-,33+/m1/s1. The molecule has 0 saturated carbocycles. The molecule has 0 bridgehead atoms. The van der Waals surface area contributed by atoms with Crippen molar-refractivity contribution >= 4 is 17.8 Å². The number of amides is 2. The molecule has 1 aliphatic heterocycles. The van der Waals surface area contributed by atoms with Gasteiger partial charge in [0.2, 0.25) is 11.8 Å². The van der Waals surface area contributed by atoms with Gasteiger partial charge in [-0.25, -0.2) is 0 Å². The van der Waals surface area contributed by atoms with Crippen LogP contribution >= 0.6 is 0 Å². The van der Waals surface area contributed by atoms with Crippen molar-refractivity contribution in [3.63, 3.8) is 0 Å². The summed E-state index contributed by atoms with van der Waals surface area (Å²) in [5.41, 5.74) is 3.08. The minimum absolute atomic E-state index is 0.00993. The summed E-state index contributed by atoms with van der Waals surface area (Å²) in [7, 11) is 0. The highest BCUT2D eigenvalue weighted by atomic mass is 16.5. The van der Waals surface area contributed by atoms with Gasteiger partial charge in [-0.3, -0.25) is 14.4 Å². The molecule has 1 heterocycles. The van der Waals surface area contributed by atoms with E-state index in [2.05, 4.69) is 10.6 Å². The number of rotatable bonds is 11. The van der Waals surface area contributed by atoms with E-state index < -0.39 is 18.0 Å². The minimum atomic E-state index is -0.611. The predicted octanol–water partition coefficient (Wildman–Crippen LogP) is 4.94. The summed E-state index contributed by atoms with van der Waals surface area (Å²) in [4.78, 5) is 39.5. The molecular weight excluding hydrogens is 568 g/mol. The van der Waals surface area contributed by atoms with E-state index in [1.165, 1.54) is 0 Å². The Bertz CT molecular complexity index is 1380.